The van der Waals surface area contributed by atoms with Crippen LogP contribution in [-0.2, 0) is 23.7 Å². The molecule has 12 heteroatoms. The number of aromatic carboxylic acids is 1. The van der Waals surface area contributed by atoms with Crippen molar-refractivity contribution in [3.63, 3.8) is 0 Å². The smallest absolute Gasteiger partial charge is 0.355 e. The molecular weight excluding hydrogens is 632 g/mol. The van der Waals surface area contributed by atoms with E-state index >= 15 is 0 Å². The molecule has 1 saturated carbocycles. The number of thiophene rings is 1. The number of aryl methyl sites for hydroxylation is 1. The lowest BCUT2D eigenvalue weighted by atomic mass is 9.96. The van der Waals surface area contributed by atoms with Crippen LogP contribution in [0, 0.1) is 30.5 Å². The fourth-order valence-corrected chi connectivity index (χ4v) is 7.06. The Hall–Kier alpha value is -4.31. The second-order valence-corrected chi connectivity index (χ2v) is 13.8. The van der Waals surface area contributed by atoms with Gasteiger partial charge in [0.15, 0.2) is 5.69 Å². The number of hydrogen-bond acceptors (Lipinski definition) is 7. The summed E-state index contributed by atoms with van der Waals surface area (Å²) in [5.41, 5.74) is 4.51. The fraction of sp³-hybridized carbons (Fsp3) is 0.242. The number of carboxylic acids is 1. The van der Waals surface area contributed by atoms with Gasteiger partial charge in [-0.05, 0) is 67.6 Å². The molecule has 230 valence electrons. The van der Waals surface area contributed by atoms with Crippen LogP contribution in [0.15, 0.2) is 60.0 Å². The molecule has 0 saturated heterocycles. The minimum absolute atomic E-state index is 0.0551. The molecule has 3 heterocycles. The Balaban J connectivity index is 1.46. The van der Waals surface area contributed by atoms with E-state index in [1.807, 2.05) is 43.3 Å². The number of thiol groups is 1. The third-order valence-corrected chi connectivity index (χ3v) is 9.69. The van der Waals surface area contributed by atoms with E-state index in [-0.39, 0.29) is 11.4 Å². The van der Waals surface area contributed by atoms with Gasteiger partial charge in [-0.3, -0.25) is 4.72 Å². The van der Waals surface area contributed by atoms with Gasteiger partial charge >= 0.3 is 5.97 Å². The standard InChI is InChI=1S/C33H29FN4O4S3/c1-20-8-13-25(44-20)14-11-22-5-2-6-24(16-22)31-26(17-23-12-15-28(27(34)18-23)37-45(41)42)30(7-3-4-21-9-10-21)38(36-31)33-35-29(19-43-33)32(39)40/h2,5-6,8,12-13,15-16,18-19,21,45H,3-4,7,9-10,17H2,1H3,(H,39,40)(H,37,41,42). The van der Waals surface area contributed by atoms with Crippen molar-refractivity contribution < 1.29 is 22.7 Å². The number of carboxylic acid groups (broad SMARTS) is 1. The molecule has 0 amide bonds. The topological polar surface area (TPSA) is 114 Å². The van der Waals surface area contributed by atoms with E-state index in [2.05, 4.69) is 21.5 Å². The molecule has 0 unspecified atom stereocenters. The molecule has 0 aliphatic heterocycles. The molecule has 0 atom stereocenters. The lowest BCUT2D eigenvalue weighted by molar-refractivity contribution is 0.0691. The minimum atomic E-state index is -3.01. The van der Waals surface area contributed by atoms with Gasteiger partial charge < -0.3 is 5.11 Å². The van der Waals surface area contributed by atoms with Gasteiger partial charge in [-0.1, -0.05) is 49.3 Å². The number of anilines is 1. The Kier molecular flexibility index (Phi) is 9.11. The van der Waals surface area contributed by atoms with Crippen molar-refractivity contribution in [1.82, 2.24) is 14.8 Å². The zero-order valence-corrected chi connectivity index (χ0v) is 26.8. The van der Waals surface area contributed by atoms with Crippen molar-refractivity contribution in [3.8, 4) is 28.2 Å². The zero-order chi connectivity index (χ0) is 31.5. The molecule has 2 N–H and O–H groups in total. The quantitative estimate of drug-likeness (QED) is 0.105. The van der Waals surface area contributed by atoms with E-state index in [1.165, 1.54) is 46.6 Å². The number of benzene rings is 2. The van der Waals surface area contributed by atoms with Crippen molar-refractivity contribution in [2.45, 2.75) is 45.4 Å². The first kappa shape index (κ1) is 30.7. The second kappa shape index (κ2) is 13.4. The summed E-state index contributed by atoms with van der Waals surface area (Å²) in [6, 6.07) is 16.2. The number of thiazole rings is 1. The summed E-state index contributed by atoms with van der Waals surface area (Å²) in [7, 11) is -3.01. The SMILES string of the molecule is Cc1ccc(C#Cc2cccc(-c3nn(-c4nc(C(=O)O)cs4)c(CCCC4CC4)c3Cc3ccc(N[SH](=O)=O)c(F)c3)c2)s1. The molecular formula is C33H29FN4O4S3. The average Bonchev–Trinajstić information content (AvgIpc) is 3.36. The van der Waals surface area contributed by atoms with Gasteiger partial charge in [-0.2, -0.15) is 5.10 Å². The van der Waals surface area contributed by atoms with Crippen LogP contribution in [-0.4, -0.2) is 34.3 Å². The molecule has 1 aliphatic rings. The van der Waals surface area contributed by atoms with E-state index in [0.29, 0.717) is 29.2 Å². The summed E-state index contributed by atoms with van der Waals surface area (Å²) in [4.78, 5) is 18.2. The highest BCUT2D eigenvalue weighted by molar-refractivity contribution is 7.73. The number of nitrogens with one attached hydrogen (secondary N) is 1. The van der Waals surface area contributed by atoms with E-state index in [0.717, 1.165) is 46.0 Å². The maximum Gasteiger partial charge on any atom is 0.355 e. The first-order chi connectivity index (χ1) is 21.7. The number of rotatable bonds is 11. The summed E-state index contributed by atoms with van der Waals surface area (Å²) in [5.74, 6) is 5.41. The Morgan fingerprint density at radius 1 is 1.16 bits per heavy atom. The predicted molar refractivity (Wildman–Crippen MR) is 175 cm³/mol. The van der Waals surface area contributed by atoms with Crippen molar-refractivity contribution in [2.24, 2.45) is 5.92 Å². The maximum absolute atomic E-state index is 14.9. The third kappa shape index (κ3) is 7.50. The Morgan fingerprint density at radius 2 is 2.00 bits per heavy atom. The summed E-state index contributed by atoms with van der Waals surface area (Å²) in [6.07, 6.45) is 5.46. The lowest BCUT2D eigenvalue weighted by Crippen LogP contribution is -2.06. The Bertz CT molecular complexity index is 2020. The first-order valence-corrected chi connectivity index (χ1v) is 17.3. The summed E-state index contributed by atoms with van der Waals surface area (Å²) in [5, 5.41) is 16.5. The molecule has 6 rings (SSSR count). The molecule has 0 bridgehead atoms. The normalized spacial score (nSPS) is 12.7. The Morgan fingerprint density at radius 3 is 2.69 bits per heavy atom. The fourth-order valence-electron chi connectivity index (χ4n) is 5.18. The van der Waals surface area contributed by atoms with Gasteiger partial charge in [0.05, 0.1) is 22.0 Å². The van der Waals surface area contributed by atoms with Gasteiger partial charge in [0.1, 0.15) is 5.82 Å². The van der Waals surface area contributed by atoms with Crippen LogP contribution in [0.3, 0.4) is 0 Å². The molecule has 3 aromatic heterocycles. The molecule has 2 aromatic carbocycles. The largest absolute Gasteiger partial charge is 0.476 e. The van der Waals surface area contributed by atoms with E-state index in [9.17, 15) is 22.7 Å². The molecule has 5 aromatic rings. The van der Waals surface area contributed by atoms with Gasteiger partial charge in [-0.15, -0.1) is 22.7 Å². The zero-order valence-electron chi connectivity index (χ0n) is 24.2. The summed E-state index contributed by atoms with van der Waals surface area (Å²) < 4.78 is 41.0. The van der Waals surface area contributed by atoms with Crippen LogP contribution >= 0.6 is 22.7 Å². The number of halogens is 1. The highest BCUT2D eigenvalue weighted by Gasteiger charge is 2.25. The Labute approximate surface area is 269 Å². The number of aromatic nitrogens is 3. The van der Waals surface area contributed by atoms with E-state index < -0.39 is 22.7 Å². The molecule has 1 aliphatic carbocycles. The van der Waals surface area contributed by atoms with Crippen LogP contribution < -0.4 is 4.72 Å². The minimum Gasteiger partial charge on any atom is -0.476 e. The first-order valence-electron chi connectivity index (χ1n) is 14.4. The number of carbonyl (C=O) groups is 1. The van der Waals surface area contributed by atoms with Crippen molar-refractivity contribution in [3.05, 3.63) is 104 Å². The van der Waals surface area contributed by atoms with Gasteiger partial charge in [-0.25, -0.2) is 27.3 Å². The van der Waals surface area contributed by atoms with Gasteiger partial charge in [0, 0.05) is 33.4 Å². The van der Waals surface area contributed by atoms with Crippen molar-refractivity contribution in [1.29, 1.82) is 0 Å². The molecule has 8 nitrogen and oxygen atoms in total. The number of hydrogen-bond donors (Lipinski definition) is 3. The van der Waals surface area contributed by atoms with Crippen LogP contribution in [0.5, 0.6) is 0 Å². The lowest BCUT2D eigenvalue weighted by Gasteiger charge is -2.10. The monoisotopic (exact) mass is 660 g/mol. The van der Waals surface area contributed by atoms with Crippen molar-refractivity contribution in [2.75, 3.05) is 4.72 Å². The highest BCUT2D eigenvalue weighted by Crippen LogP contribution is 2.36. The third-order valence-electron chi connectivity index (χ3n) is 7.54. The van der Waals surface area contributed by atoms with Gasteiger partial charge in [0.2, 0.25) is 16.0 Å². The van der Waals surface area contributed by atoms with E-state index in [4.69, 9.17) is 5.10 Å². The number of nitrogens with zero attached hydrogens (tertiary/aromatic N) is 3. The van der Waals surface area contributed by atoms with Crippen LogP contribution in [0.4, 0.5) is 10.1 Å². The molecule has 0 spiro atoms. The van der Waals surface area contributed by atoms with Crippen LogP contribution in [0.1, 0.15) is 68.3 Å². The summed E-state index contributed by atoms with van der Waals surface area (Å²) >= 11 is 2.84. The predicted octanol–water partition coefficient (Wildman–Crippen LogP) is 6.86. The van der Waals surface area contributed by atoms with Crippen molar-refractivity contribution >= 4 is 45.2 Å². The molecule has 45 heavy (non-hydrogen) atoms. The van der Waals surface area contributed by atoms with Crippen LogP contribution in [0.25, 0.3) is 16.4 Å². The van der Waals surface area contributed by atoms with Crippen LogP contribution in [0.2, 0.25) is 0 Å². The van der Waals surface area contributed by atoms with E-state index in [1.54, 1.807) is 22.1 Å². The summed E-state index contributed by atoms with van der Waals surface area (Å²) in [6.45, 7) is 2.04. The molecule has 0 radical (unpaired) electrons. The average molecular weight is 661 g/mol. The second-order valence-electron chi connectivity index (χ2n) is 10.9. The maximum atomic E-state index is 14.9. The van der Waals surface area contributed by atoms with Gasteiger partial charge in [0.25, 0.3) is 0 Å². The molecule has 1 fully saturated rings. The highest BCUT2D eigenvalue weighted by atomic mass is 32.2.